The van der Waals surface area contributed by atoms with Crippen molar-refractivity contribution < 1.29 is 14.3 Å². The SMILES string of the molecule is O=C(CC1Sc2ccccc2NC1=O)Nc1cc(Cl)ccc1Oc1ccccc1. The monoisotopic (exact) mass is 424 g/mol. The van der Waals surface area contributed by atoms with E-state index in [1.165, 1.54) is 11.8 Å². The highest BCUT2D eigenvalue weighted by molar-refractivity contribution is 8.01. The fourth-order valence-corrected chi connectivity index (χ4v) is 4.18. The van der Waals surface area contributed by atoms with E-state index >= 15 is 0 Å². The van der Waals surface area contributed by atoms with Crippen LogP contribution in [-0.4, -0.2) is 17.1 Å². The quantitative estimate of drug-likeness (QED) is 0.561. The standard InChI is InChI=1S/C22H17ClN2O3S/c23-14-10-11-18(28-15-6-2-1-3-7-15)17(12-14)24-21(26)13-20-22(27)25-16-8-4-5-9-19(16)29-20/h1-12,20H,13H2,(H,24,26)(H,25,27). The summed E-state index contributed by atoms with van der Waals surface area (Å²) in [6.45, 7) is 0. The first-order valence-electron chi connectivity index (χ1n) is 8.97. The number of thioether (sulfide) groups is 1. The number of ether oxygens (including phenoxy) is 1. The number of halogens is 1. The highest BCUT2D eigenvalue weighted by atomic mass is 35.5. The fourth-order valence-electron chi connectivity index (χ4n) is 2.90. The largest absolute Gasteiger partial charge is 0.455 e. The molecule has 0 aliphatic carbocycles. The number of benzene rings is 3. The van der Waals surface area contributed by atoms with E-state index in [4.69, 9.17) is 16.3 Å². The zero-order chi connectivity index (χ0) is 20.2. The number of hydrogen-bond acceptors (Lipinski definition) is 4. The summed E-state index contributed by atoms with van der Waals surface area (Å²) < 4.78 is 5.87. The second kappa shape index (κ2) is 8.59. The average molecular weight is 425 g/mol. The van der Waals surface area contributed by atoms with Crippen molar-refractivity contribution >= 4 is 46.6 Å². The number of carbonyl (C=O) groups excluding carboxylic acids is 2. The van der Waals surface area contributed by atoms with Crippen LogP contribution in [-0.2, 0) is 9.59 Å². The average Bonchev–Trinajstić information content (AvgIpc) is 2.71. The second-order valence-corrected chi connectivity index (χ2v) is 8.08. The maximum Gasteiger partial charge on any atom is 0.238 e. The first-order valence-corrected chi connectivity index (χ1v) is 10.2. The van der Waals surface area contributed by atoms with Crippen molar-refractivity contribution in [3.05, 3.63) is 77.8 Å². The van der Waals surface area contributed by atoms with Crippen LogP contribution >= 0.6 is 23.4 Å². The number of nitrogens with one attached hydrogen (secondary N) is 2. The molecule has 0 spiro atoms. The van der Waals surface area contributed by atoms with Gasteiger partial charge in [-0.15, -0.1) is 11.8 Å². The summed E-state index contributed by atoms with van der Waals surface area (Å²) in [5, 5.41) is 5.63. The van der Waals surface area contributed by atoms with Crippen molar-refractivity contribution in [2.45, 2.75) is 16.6 Å². The fraction of sp³-hybridized carbons (Fsp3) is 0.0909. The number of rotatable bonds is 5. The first kappa shape index (κ1) is 19.4. The zero-order valence-electron chi connectivity index (χ0n) is 15.2. The van der Waals surface area contributed by atoms with Gasteiger partial charge in [0.1, 0.15) is 5.75 Å². The van der Waals surface area contributed by atoms with Crippen molar-refractivity contribution in [3.63, 3.8) is 0 Å². The molecule has 2 N–H and O–H groups in total. The van der Waals surface area contributed by atoms with Gasteiger partial charge in [0.15, 0.2) is 5.75 Å². The molecule has 1 aliphatic rings. The predicted molar refractivity (Wildman–Crippen MR) is 116 cm³/mol. The van der Waals surface area contributed by atoms with E-state index in [1.54, 1.807) is 18.2 Å². The van der Waals surface area contributed by atoms with Gasteiger partial charge in [-0.05, 0) is 42.5 Å². The molecule has 0 radical (unpaired) electrons. The molecule has 0 saturated carbocycles. The molecule has 3 aromatic carbocycles. The third-order valence-corrected chi connectivity index (χ3v) is 5.77. The third-order valence-electron chi connectivity index (χ3n) is 4.26. The molecular weight excluding hydrogens is 408 g/mol. The lowest BCUT2D eigenvalue weighted by Crippen LogP contribution is -2.32. The molecule has 0 bridgehead atoms. The minimum atomic E-state index is -0.512. The summed E-state index contributed by atoms with van der Waals surface area (Å²) in [7, 11) is 0. The van der Waals surface area contributed by atoms with Gasteiger partial charge in [0.05, 0.1) is 16.6 Å². The lowest BCUT2D eigenvalue weighted by atomic mass is 10.2. The Morgan fingerprint density at radius 1 is 1.07 bits per heavy atom. The van der Waals surface area contributed by atoms with Gasteiger partial charge in [0.25, 0.3) is 0 Å². The van der Waals surface area contributed by atoms with Gasteiger partial charge in [0, 0.05) is 16.3 Å². The van der Waals surface area contributed by atoms with Crippen molar-refractivity contribution in [2.24, 2.45) is 0 Å². The van der Waals surface area contributed by atoms with Crippen molar-refractivity contribution in [3.8, 4) is 11.5 Å². The van der Waals surface area contributed by atoms with Gasteiger partial charge < -0.3 is 15.4 Å². The topological polar surface area (TPSA) is 67.4 Å². The molecule has 3 aromatic rings. The number of hydrogen-bond donors (Lipinski definition) is 2. The minimum absolute atomic E-state index is 0.0299. The molecule has 1 unspecified atom stereocenters. The molecule has 146 valence electrons. The number of fused-ring (bicyclic) bond motifs is 1. The number of anilines is 2. The molecule has 1 heterocycles. The molecule has 29 heavy (non-hydrogen) atoms. The lowest BCUT2D eigenvalue weighted by Gasteiger charge is -2.23. The van der Waals surface area contributed by atoms with Crippen LogP contribution in [0.3, 0.4) is 0 Å². The summed E-state index contributed by atoms with van der Waals surface area (Å²) in [6.07, 6.45) is 0.0299. The van der Waals surface area contributed by atoms with Crippen LogP contribution in [0.25, 0.3) is 0 Å². The third kappa shape index (κ3) is 4.72. The van der Waals surface area contributed by atoms with Crippen LogP contribution in [0.1, 0.15) is 6.42 Å². The van der Waals surface area contributed by atoms with E-state index in [2.05, 4.69) is 10.6 Å². The van der Waals surface area contributed by atoms with Crippen LogP contribution in [0.4, 0.5) is 11.4 Å². The molecule has 2 amide bonds. The van der Waals surface area contributed by atoms with Crippen molar-refractivity contribution in [2.75, 3.05) is 10.6 Å². The van der Waals surface area contributed by atoms with Gasteiger partial charge in [-0.3, -0.25) is 9.59 Å². The van der Waals surface area contributed by atoms with Crippen LogP contribution < -0.4 is 15.4 Å². The van der Waals surface area contributed by atoms with Crippen LogP contribution in [0.2, 0.25) is 5.02 Å². The van der Waals surface area contributed by atoms with Crippen LogP contribution in [0, 0.1) is 0 Å². The molecule has 1 aliphatic heterocycles. The Balaban J connectivity index is 1.47. The molecular formula is C22H17ClN2O3S. The van der Waals surface area contributed by atoms with E-state index in [0.29, 0.717) is 22.2 Å². The lowest BCUT2D eigenvalue weighted by molar-refractivity contribution is -0.120. The minimum Gasteiger partial charge on any atom is -0.455 e. The predicted octanol–water partition coefficient (Wildman–Crippen LogP) is 5.57. The summed E-state index contributed by atoms with van der Waals surface area (Å²) in [5.74, 6) is 0.636. The molecule has 0 aromatic heterocycles. The Morgan fingerprint density at radius 3 is 2.66 bits per heavy atom. The second-order valence-electron chi connectivity index (χ2n) is 6.40. The zero-order valence-corrected chi connectivity index (χ0v) is 16.8. The summed E-state index contributed by atoms with van der Waals surface area (Å²) in [4.78, 5) is 25.9. The van der Waals surface area contributed by atoms with Gasteiger partial charge >= 0.3 is 0 Å². The van der Waals surface area contributed by atoms with Crippen molar-refractivity contribution in [1.29, 1.82) is 0 Å². The van der Waals surface area contributed by atoms with Crippen LogP contribution in [0.15, 0.2) is 77.7 Å². The van der Waals surface area contributed by atoms with E-state index in [9.17, 15) is 9.59 Å². The van der Waals surface area contributed by atoms with Gasteiger partial charge in [-0.1, -0.05) is 41.9 Å². The Kier molecular flexibility index (Phi) is 5.74. The summed E-state index contributed by atoms with van der Waals surface area (Å²) in [5.41, 5.74) is 1.22. The van der Waals surface area contributed by atoms with E-state index in [0.717, 1.165) is 10.6 Å². The molecule has 0 saturated heterocycles. The Bertz CT molecular complexity index is 1060. The number of para-hydroxylation sites is 2. The Labute approximate surface area is 177 Å². The van der Waals surface area contributed by atoms with E-state index in [1.807, 2.05) is 54.6 Å². The molecule has 5 nitrogen and oxygen atoms in total. The van der Waals surface area contributed by atoms with E-state index < -0.39 is 5.25 Å². The van der Waals surface area contributed by atoms with Crippen molar-refractivity contribution in [1.82, 2.24) is 0 Å². The Morgan fingerprint density at radius 2 is 1.83 bits per heavy atom. The molecule has 0 fully saturated rings. The summed E-state index contributed by atoms with van der Waals surface area (Å²) >= 11 is 7.48. The molecule has 7 heteroatoms. The highest BCUT2D eigenvalue weighted by Gasteiger charge is 2.29. The smallest absolute Gasteiger partial charge is 0.238 e. The Hall–Kier alpha value is -2.96. The van der Waals surface area contributed by atoms with Crippen LogP contribution in [0.5, 0.6) is 11.5 Å². The maximum absolute atomic E-state index is 12.7. The van der Waals surface area contributed by atoms with Gasteiger partial charge in [-0.2, -0.15) is 0 Å². The first-order chi connectivity index (χ1) is 14.1. The van der Waals surface area contributed by atoms with Gasteiger partial charge in [-0.25, -0.2) is 0 Å². The number of carbonyl (C=O) groups is 2. The maximum atomic E-state index is 12.7. The highest BCUT2D eigenvalue weighted by Crippen LogP contribution is 2.37. The summed E-state index contributed by atoms with van der Waals surface area (Å²) in [6, 6.07) is 21.8. The molecule has 4 rings (SSSR count). The van der Waals surface area contributed by atoms with E-state index in [-0.39, 0.29) is 18.2 Å². The molecule has 1 atom stereocenters. The number of amides is 2. The van der Waals surface area contributed by atoms with Gasteiger partial charge in [0.2, 0.25) is 11.8 Å². The normalized spacial score (nSPS) is 15.2.